The molecule has 0 aliphatic heterocycles. The Kier molecular flexibility index (Phi) is 6.56. The molecule has 9 heteroatoms. The third-order valence-corrected chi connectivity index (χ3v) is 5.94. The van der Waals surface area contributed by atoms with Gasteiger partial charge in [0.2, 0.25) is 11.1 Å². The lowest BCUT2D eigenvalue weighted by Gasteiger charge is -2.23. The van der Waals surface area contributed by atoms with Gasteiger partial charge in [0.05, 0.1) is 5.25 Å². The zero-order valence-corrected chi connectivity index (χ0v) is 17.0. The second-order valence-corrected chi connectivity index (χ2v) is 8.36. The molecule has 0 spiro atoms. The van der Waals surface area contributed by atoms with Crippen LogP contribution in [0.1, 0.15) is 44.6 Å². The highest BCUT2D eigenvalue weighted by molar-refractivity contribution is 8.00. The quantitative estimate of drug-likeness (QED) is 0.523. The number of aryl methyl sites for hydroxylation is 1. The van der Waals surface area contributed by atoms with Gasteiger partial charge in [0, 0.05) is 11.6 Å². The number of thioether (sulfide) groups is 1. The topological polar surface area (TPSA) is 115 Å². The molecule has 0 unspecified atom stereocenters. The summed E-state index contributed by atoms with van der Waals surface area (Å²) in [7, 11) is 0. The van der Waals surface area contributed by atoms with Crippen LogP contribution >= 0.6 is 11.8 Å². The van der Waals surface area contributed by atoms with Crippen molar-refractivity contribution in [2.75, 3.05) is 5.84 Å². The lowest BCUT2D eigenvalue weighted by atomic mass is 9.96. The van der Waals surface area contributed by atoms with E-state index < -0.39 is 17.2 Å². The van der Waals surface area contributed by atoms with Gasteiger partial charge in [-0.2, -0.15) is 0 Å². The number of hydrogen-bond acceptors (Lipinski definition) is 6. The molecule has 8 nitrogen and oxygen atoms in total. The molecule has 0 bridgehead atoms. The van der Waals surface area contributed by atoms with Gasteiger partial charge in [-0.1, -0.05) is 55.3 Å². The van der Waals surface area contributed by atoms with Crippen LogP contribution in [-0.4, -0.2) is 38.1 Å². The molecule has 0 radical (unpaired) electrons. The molecule has 1 aliphatic rings. The number of nitrogens with two attached hydrogens (primary N) is 1. The van der Waals surface area contributed by atoms with Gasteiger partial charge in [-0.3, -0.25) is 10.1 Å². The van der Waals surface area contributed by atoms with E-state index in [2.05, 4.69) is 20.8 Å². The Bertz CT molecular complexity index is 847. The molecule has 2 aromatic rings. The predicted molar refractivity (Wildman–Crippen MR) is 109 cm³/mol. The SMILES string of the molecule is Cc1ccccc1-c1nnc(S[C@H](C)C(=O)NC(=O)NC2CCCCC2)n1N. The number of urea groups is 1. The summed E-state index contributed by atoms with van der Waals surface area (Å²) in [6.07, 6.45) is 5.35. The number of hydrogen-bond donors (Lipinski definition) is 3. The van der Waals surface area contributed by atoms with Crippen LogP contribution in [0, 0.1) is 6.92 Å². The molecule has 1 aromatic heterocycles. The summed E-state index contributed by atoms with van der Waals surface area (Å²) >= 11 is 1.16. The Balaban J connectivity index is 1.58. The molecular formula is C19H26N6O2S. The van der Waals surface area contributed by atoms with E-state index in [1.165, 1.54) is 11.1 Å². The standard InChI is InChI=1S/C19H26N6O2S/c1-12-8-6-7-11-15(12)16-23-24-19(25(16)20)28-13(2)17(26)22-18(27)21-14-9-4-3-5-10-14/h6-8,11,13-14H,3-5,9-10,20H2,1-2H3,(H2,21,22,26,27)/t13-/m1/s1. The summed E-state index contributed by atoms with van der Waals surface area (Å²) in [6.45, 7) is 3.67. The van der Waals surface area contributed by atoms with Gasteiger partial charge in [-0.25, -0.2) is 9.47 Å². The van der Waals surface area contributed by atoms with E-state index in [0.29, 0.717) is 11.0 Å². The minimum Gasteiger partial charge on any atom is -0.335 e. The van der Waals surface area contributed by atoms with Crippen molar-refractivity contribution in [1.29, 1.82) is 0 Å². The number of benzene rings is 1. The zero-order valence-electron chi connectivity index (χ0n) is 16.1. The van der Waals surface area contributed by atoms with Crippen molar-refractivity contribution in [3.63, 3.8) is 0 Å². The van der Waals surface area contributed by atoms with Gasteiger partial charge < -0.3 is 11.2 Å². The van der Waals surface area contributed by atoms with Crippen molar-refractivity contribution in [2.45, 2.75) is 62.4 Å². The van der Waals surface area contributed by atoms with Crippen molar-refractivity contribution >= 4 is 23.7 Å². The molecule has 1 aromatic carbocycles. The highest BCUT2D eigenvalue weighted by Crippen LogP contribution is 2.26. The van der Waals surface area contributed by atoms with Crippen molar-refractivity contribution in [3.8, 4) is 11.4 Å². The van der Waals surface area contributed by atoms with E-state index in [4.69, 9.17) is 5.84 Å². The third-order valence-electron chi connectivity index (χ3n) is 4.88. The highest BCUT2D eigenvalue weighted by Gasteiger charge is 2.23. The monoisotopic (exact) mass is 402 g/mol. The Hall–Kier alpha value is -2.55. The number of amides is 3. The van der Waals surface area contributed by atoms with Crippen LogP contribution < -0.4 is 16.5 Å². The van der Waals surface area contributed by atoms with Crippen LogP contribution in [0.15, 0.2) is 29.4 Å². The van der Waals surface area contributed by atoms with Gasteiger partial charge in [0.15, 0.2) is 5.82 Å². The summed E-state index contributed by atoms with van der Waals surface area (Å²) in [6, 6.07) is 7.44. The molecular weight excluding hydrogens is 376 g/mol. The summed E-state index contributed by atoms with van der Waals surface area (Å²) in [4.78, 5) is 24.4. The van der Waals surface area contributed by atoms with E-state index in [0.717, 1.165) is 48.6 Å². The van der Waals surface area contributed by atoms with Crippen LogP contribution in [-0.2, 0) is 4.79 Å². The third kappa shape index (κ3) is 4.83. The molecule has 1 saturated carbocycles. The minimum atomic E-state index is -0.548. The molecule has 1 atom stereocenters. The van der Waals surface area contributed by atoms with Crippen LogP contribution in [0.25, 0.3) is 11.4 Å². The molecule has 1 heterocycles. The second-order valence-electron chi connectivity index (χ2n) is 7.05. The van der Waals surface area contributed by atoms with Gasteiger partial charge in [-0.15, -0.1) is 10.2 Å². The number of aromatic nitrogens is 3. The number of nitrogen functional groups attached to an aromatic ring is 1. The lowest BCUT2D eigenvalue weighted by molar-refractivity contribution is -0.119. The molecule has 0 saturated heterocycles. The smallest absolute Gasteiger partial charge is 0.321 e. The van der Waals surface area contributed by atoms with E-state index in [9.17, 15) is 9.59 Å². The number of rotatable bonds is 5. The van der Waals surface area contributed by atoms with Crippen molar-refractivity contribution in [2.24, 2.45) is 0 Å². The number of nitrogens with zero attached hydrogens (tertiary/aromatic N) is 3. The highest BCUT2D eigenvalue weighted by atomic mass is 32.2. The Labute approximate surface area is 168 Å². The van der Waals surface area contributed by atoms with E-state index >= 15 is 0 Å². The van der Waals surface area contributed by atoms with Gasteiger partial charge >= 0.3 is 6.03 Å². The fourth-order valence-corrected chi connectivity index (χ4v) is 4.03. The maximum absolute atomic E-state index is 12.4. The molecule has 150 valence electrons. The fraction of sp³-hybridized carbons (Fsp3) is 0.474. The minimum absolute atomic E-state index is 0.147. The first-order valence-electron chi connectivity index (χ1n) is 9.50. The number of carbonyl (C=O) groups is 2. The maximum Gasteiger partial charge on any atom is 0.321 e. The molecule has 4 N–H and O–H groups in total. The van der Waals surface area contributed by atoms with E-state index in [-0.39, 0.29) is 6.04 Å². The molecule has 3 amide bonds. The van der Waals surface area contributed by atoms with Crippen LogP contribution in [0.3, 0.4) is 0 Å². The van der Waals surface area contributed by atoms with Crippen LogP contribution in [0.2, 0.25) is 0 Å². The number of imide groups is 1. The second kappa shape index (κ2) is 9.09. The average molecular weight is 403 g/mol. The molecule has 1 aliphatic carbocycles. The number of nitrogens with one attached hydrogen (secondary N) is 2. The van der Waals surface area contributed by atoms with E-state index in [1.54, 1.807) is 6.92 Å². The normalized spacial score (nSPS) is 15.8. The largest absolute Gasteiger partial charge is 0.335 e. The number of carbonyl (C=O) groups excluding carboxylic acids is 2. The lowest BCUT2D eigenvalue weighted by Crippen LogP contribution is -2.47. The summed E-state index contributed by atoms with van der Waals surface area (Å²) in [5.74, 6) is 6.28. The maximum atomic E-state index is 12.4. The Morgan fingerprint density at radius 1 is 1.21 bits per heavy atom. The molecule has 1 fully saturated rings. The summed E-state index contributed by atoms with van der Waals surface area (Å²) in [5, 5.41) is 13.4. The summed E-state index contributed by atoms with van der Waals surface area (Å²) in [5.41, 5.74) is 1.91. The Morgan fingerprint density at radius 2 is 1.93 bits per heavy atom. The first-order valence-corrected chi connectivity index (χ1v) is 10.4. The average Bonchev–Trinajstić information content (AvgIpc) is 3.03. The summed E-state index contributed by atoms with van der Waals surface area (Å²) < 4.78 is 1.37. The van der Waals surface area contributed by atoms with Gasteiger partial charge in [-0.05, 0) is 32.3 Å². The first kappa shape index (κ1) is 20.2. The van der Waals surface area contributed by atoms with Crippen LogP contribution in [0.5, 0.6) is 0 Å². The van der Waals surface area contributed by atoms with Crippen LogP contribution in [0.4, 0.5) is 4.79 Å². The predicted octanol–water partition coefficient (Wildman–Crippen LogP) is 2.61. The van der Waals surface area contributed by atoms with Gasteiger partial charge in [0.1, 0.15) is 0 Å². The molecule has 3 rings (SSSR count). The van der Waals surface area contributed by atoms with E-state index in [1.807, 2.05) is 31.2 Å². The fourth-order valence-electron chi connectivity index (χ4n) is 3.26. The Morgan fingerprint density at radius 3 is 2.64 bits per heavy atom. The van der Waals surface area contributed by atoms with Crippen molar-refractivity contribution < 1.29 is 9.59 Å². The van der Waals surface area contributed by atoms with Crippen molar-refractivity contribution in [1.82, 2.24) is 25.5 Å². The van der Waals surface area contributed by atoms with Gasteiger partial charge in [0.25, 0.3) is 0 Å². The van der Waals surface area contributed by atoms with Crippen molar-refractivity contribution in [3.05, 3.63) is 29.8 Å². The zero-order chi connectivity index (χ0) is 20.1. The molecule has 28 heavy (non-hydrogen) atoms. The first-order chi connectivity index (χ1) is 13.5.